The maximum Gasteiger partial charge on any atom is 0.132 e. The standard InChI is InChI=1S/C12H13BrFN3/c1-8(15)7-17-12(10(13)6-16-17)9-4-2-3-5-11(9)14/h2-6,8H,7,15H2,1H3. The molecule has 0 aliphatic carbocycles. The molecule has 1 aromatic heterocycles. The van der Waals surface area contributed by atoms with Gasteiger partial charge in [0, 0.05) is 11.6 Å². The van der Waals surface area contributed by atoms with Gasteiger partial charge in [0.2, 0.25) is 0 Å². The van der Waals surface area contributed by atoms with Gasteiger partial charge in [-0.3, -0.25) is 4.68 Å². The van der Waals surface area contributed by atoms with Gasteiger partial charge in [0.05, 0.1) is 22.9 Å². The molecule has 2 rings (SSSR count). The van der Waals surface area contributed by atoms with Gasteiger partial charge < -0.3 is 5.73 Å². The molecule has 3 nitrogen and oxygen atoms in total. The van der Waals surface area contributed by atoms with E-state index in [1.807, 2.05) is 6.92 Å². The molecule has 2 aromatic rings. The number of hydrogen-bond acceptors (Lipinski definition) is 2. The summed E-state index contributed by atoms with van der Waals surface area (Å²) in [6.07, 6.45) is 1.66. The predicted molar refractivity (Wildman–Crippen MR) is 69.0 cm³/mol. The molecule has 1 heterocycles. The minimum Gasteiger partial charge on any atom is -0.326 e. The summed E-state index contributed by atoms with van der Waals surface area (Å²) in [6.45, 7) is 2.44. The Bertz CT molecular complexity index is 522. The molecule has 90 valence electrons. The first-order chi connectivity index (χ1) is 8.09. The van der Waals surface area contributed by atoms with E-state index >= 15 is 0 Å². The second-order valence-electron chi connectivity index (χ2n) is 3.98. The van der Waals surface area contributed by atoms with Gasteiger partial charge >= 0.3 is 0 Å². The van der Waals surface area contributed by atoms with Crippen molar-refractivity contribution in [3.05, 3.63) is 40.8 Å². The largest absolute Gasteiger partial charge is 0.326 e. The van der Waals surface area contributed by atoms with Crippen LogP contribution in [0.5, 0.6) is 0 Å². The maximum atomic E-state index is 13.8. The van der Waals surface area contributed by atoms with Crippen LogP contribution in [0.15, 0.2) is 34.9 Å². The number of rotatable bonds is 3. The predicted octanol–water partition coefficient (Wildman–Crippen LogP) is 2.80. The molecule has 2 N–H and O–H groups in total. The van der Waals surface area contributed by atoms with Gasteiger partial charge in [0.15, 0.2) is 0 Å². The topological polar surface area (TPSA) is 43.8 Å². The molecule has 0 fully saturated rings. The Morgan fingerprint density at radius 1 is 1.47 bits per heavy atom. The fraction of sp³-hybridized carbons (Fsp3) is 0.250. The van der Waals surface area contributed by atoms with Crippen LogP contribution in [0.4, 0.5) is 4.39 Å². The van der Waals surface area contributed by atoms with Gasteiger partial charge in [-0.05, 0) is 35.0 Å². The molecule has 0 radical (unpaired) electrons. The molecular weight excluding hydrogens is 285 g/mol. The van der Waals surface area contributed by atoms with Crippen molar-refractivity contribution < 1.29 is 4.39 Å². The van der Waals surface area contributed by atoms with E-state index in [2.05, 4.69) is 21.0 Å². The quantitative estimate of drug-likeness (QED) is 0.947. The van der Waals surface area contributed by atoms with E-state index in [9.17, 15) is 4.39 Å². The van der Waals surface area contributed by atoms with Gasteiger partial charge in [-0.2, -0.15) is 5.10 Å². The van der Waals surface area contributed by atoms with Crippen molar-refractivity contribution in [1.82, 2.24) is 9.78 Å². The van der Waals surface area contributed by atoms with Crippen LogP contribution < -0.4 is 5.73 Å². The van der Waals surface area contributed by atoms with Gasteiger partial charge in [0.25, 0.3) is 0 Å². The summed E-state index contributed by atoms with van der Waals surface area (Å²) < 4.78 is 16.2. The molecular formula is C12H13BrFN3. The van der Waals surface area contributed by atoms with Crippen LogP contribution in [0.3, 0.4) is 0 Å². The second-order valence-corrected chi connectivity index (χ2v) is 4.83. The highest BCUT2D eigenvalue weighted by atomic mass is 79.9. The lowest BCUT2D eigenvalue weighted by Crippen LogP contribution is -2.23. The van der Waals surface area contributed by atoms with E-state index in [1.54, 1.807) is 29.1 Å². The van der Waals surface area contributed by atoms with E-state index in [-0.39, 0.29) is 11.9 Å². The smallest absolute Gasteiger partial charge is 0.132 e. The van der Waals surface area contributed by atoms with Crippen molar-refractivity contribution in [2.75, 3.05) is 0 Å². The van der Waals surface area contributed by atoms with Crippen molar-refractivity contribution >= 4 is 15.9 Å². The van der Waals surface area contributed by atoms with Gasteiger partial charge in [-0.15, -0.1) is 0 Å². The average molecular weight is 298 g/mol. The third-order valence-corrected chi connectivity index (χ3v) is 2.97. The number of aromatic nitrogens is 2. The summed E-state index contributed by atoms with van der Waals surface area (Å²) in [7, 11) is 0. The lowest BCUT2D eigenvalue weighted by Gasteiger charge is -2.11. The third-order valence-electron chi connectivity index (χ3n) is 2.38. The van der Waals surface area contributed by atoms with E-state index in [1.165, 1.54) is 6.07 Å². The zero-order chi connectivity index (χ0) is 12.4. The average Bonchev–Trinajstić information content (AvgIpc) is 2.60. The zero-order valence-corrected chi connectivity index (χ0v) is 11.0. The first-order valence-electron chi connectivity index (χ1n) is 5.31. The number of nitrogens with zero attached hydrogens (tertiary/aromatic N) is 2. The highest BCUT2D eigenvalue weighted by molar-refractivity contribution is 9.10. The van der Waals surface area contributed by atoms with Crippen molar-refractivity contribution in [1.29, 1.82) is 0 Å². The second kappa shape index (κ2) is 4.98. The summed E-state index contributed by atoms with van der Waals surface area (Å²) in [6, 6.07) is 6.60. The molecule has 0 saturated carbocycles. The summed E-state index contributed by atoms with van der Waals surface area (Å²) >= 11 is 3.39. The highest BCUT2D eigenvalue weighted by Gasteiger charge is 2.15. The fourth-order valence-electron chi connectivity index (χ4n) is 1.69. The summed E-state index contributed by atoms with van der Waals surface area (Å²) in [5, 5.41) is 4.20. The van der Waals surface area contributed by atoms with E-state index in [4.69, 9.17) is 5.73 Å². The van der Waals surface area contributed by atoms with Crippen LogP contribution in [0.1, 0.15) is 6.92 Å². The van der Waals surface area contributed by atoms with E-state index < -0.39 is 0 Å². The van der Waals surface area contributed by atoms with Crippen LogP contribution in [-0.2, 0) is 6.54 Å². The van der Waals surface area contributed by atoms with Crippen LogP contribution in [-0.4, -0.2) is 15.8 Å². The van der Waals surface area contributed by atoms with Crippen molar-refractivity contribution in [2.45, 2.75) is 19.5 Å². The van der Waals surface area contributed by atoms with Gasteiger partial charge in [-0.25, -0.2) is 4.39 Å². The Kier molecular flexibility index (Phi) is 3.59. The summed E-state index contributed by atoms with van der Waals surface area (Å²) in [5.41, 5.74) is 7.00. The van der Waals surface area contributed by atoms with Crippen molar-refractivity contribution in [2.24, 2.45) is 5.73 Å². The van der Waals surface area contributed by atoms with E-state index in [0.29, 0.717) is 12.1 Å². The fourth-order valence-corrected chi connectivity index (χ4v) is 2.20. The Morgan fingerprint density at radius 3 is 2.82 bits per heavy atom. The number of hydrogen-bond donors (Lipinski definition) is 1. The van der Waals surface area contributed by atoms with Crippen LogP contribution in [0.25, 0.3) is 11.3 Å². The minimum atomic E-state index is -0.264. The third kappa shape index (κ3) is 2.56. The molecule has 17 heavy (non-hydrogen) atoms. The SMILES string of the molecule is CC(N)Cn1ncc(Br)c1-c1ccccc1F. The molecule has 5 heteroatoms. The molecule has 1 aromatic carbocycles. The van der Waals surface area contributed by atoms with E-state index in [0.717, 1.165) is 10.2 Å². The monoisotopic (exact) mass is 297 g/mol. The first kappa shape index (κ1) is 12.3. The molecule has 0 spiro atoms. The number of halogens is 2. The van der Waals surface area contributed by atoms with Gasteiger partial charge in [-0.1, -0.05) is 12.1 Å². The lowest BCUT2D eigenvalue weighted by molar-refractivity contribution is 0.540. The van der Waals surface area contributed by atoms with Crippen molar-refractivity contribution in [3.8, 4) is 11.3 Å². The van der Waals surface area contributed by atoms with Crippen LogP contribution in [0.2, 0.25) is 0 Å². The normalized spacial score (nSPS) is 12.7. The van der Waals surface area contributed by atoms with Crippen LogP contribution >= 0.6 is 15.9 Å². The minimum absolute atomic E-state index is 0.0349. The van der Waals surface area contributed by atoms with Crippen LogP contribution in [0, 0.1) is 5.82 Å². The Hall–Kier alpha value is -1.20. The summed E-state index contributed by atoms with van der Waals surface area (Å²) in [5.74, 6) is -0.264. The molecule has 0 aliphatic heterocycles. The Morgan fingerprint density at radius 2 is 2.18 bits per heavy atom. The Balaban J connectivity index is 2.51. The number of benzene rings is 1. The zero-order valence-electron chi connectivity index (χ0n) is 9.40. The molecule has 0 bridgehead atoms. The van der Waals surface area contributed by atoms with Crippen molar-refractivity contribution in [3.63, 3.8) is 0 Å². The molecule has 0 saturated heterocycles. The molecule has 0 aliphatic rings. The molecule has 1 unspecified atom stereocenters. The number of nitrogens with two attached hydrogens (primary N) is 1. The van der Waals surface area contributed by atoms with Gasteiger partial charge in [0.1, 0.15) is 5.82 Å². The Labute approximate surface area is 108 Å². The molecule has 1 atom stereocenters. The maximum absolute atomic E-state index is 13.8. The summed E-state index contributed by atoms with van der Waals surface area (Å²) in [4.78, 5) is 0. The lowest BCUT2D eigenvalue weighted by atomic mass is 10.1. The highest BCUT2D eigenvalue weighted by Crippen LogP contribution is 2.29. The first-order valence-corrected chi connectivity index (χ1v) is 6.10. The molecule has 0 amide bonds.